The molecule has 0 fully saturated rings. The Hall–Kier alpha value is -3.24. The van der Waals surface area contributed by atoms with Gasteiger partial charge in [-0.2, -0.15) is 0 Å². The molecule has 0 saturated carbocycles. The Morgan fingerprint density at radius 3 is 2.41 bits per heavy atom. The number of halogens is 1. The quantitative estimate of drug-likeness (QED) is 0.281. The zero-order chi connectivity index (χ0) is 20.6. The van der Waals surface area contributed by atoms with Gasteiger partial charge in [-0.05, 0) is 53.9 Å². The van der Waals surface area contributed by atoms with Gasteiger partial charge in [0.2, 0.25) is 0 Å². The minimum atomic E-state index is -0.525. The van der Waals surface area contributed by atoms with E-state index < -0.39 is 5.97 Å². The number of ether oxygens (including phenoxy) is 3. The summed E-state index contributed by atoms with van der Waals surface area (Å²) in [5.74, 6) is 0.835. The summed E-state index contributed by atoms with van der Waals surface area (Å²) in [6.07, 6.45) is 3.97. The molecular formula is C24H21ClO4. The highest BCUT2D eigenvalue weighted by molar-refractivity contribution is 6.31. The van der Waals surface area contributed by atoms with Crippen molar-refractivity contribution in [3.63, 3.8) is 0 Å². The first-order chi connectivity index (χ1) is 14.0. The molecule has 0 spiro atoms. The molecule has 4 nitrogen and oxygen atoms in total. The van der Waals surface area contributed by atoms with Gasteiger partial charge in [-0.25, -0.2) is 4.79 Å². The molecule has 3 rings (SSSR count). The van der Waals surface area contributed by atoms with Crippen molar-refractivity contribution in [2.75, 3.05) is 13.7 Å². The number of hydrogen-bond acceptors (Lipinski definition) is 4. The highest BCUT2D eigenvalue weighted by Gasteiger charge is 2.12. The van der Waals surface area contributed by atoms with Crippen molar-refractivity contribution >= 4 is 29.7 Å². The minimum absolute atomic E-state index is 0.222. The summed E-state index contributed by atoms with van der Waals surface area (Å²) in [5, 5.41) is 0.645. The molecule has 0 saturated heterocycles. The third-order valence-corrected chi connectivity index (χ3v) is 4.59. The minimum Gasteiger partial charge on any atom is -0.493 e. The third kappa shape index (κ3) is 5.87. The lowest BCUT2D eigenvalue weighted by Gasteiger charge is -2.11. The fourth-order valence-corrected chi connectivity index (χ4v) is 2.75. The van der Waals surface area contributed by atoms with Gasteiger partial charge in [-0.1, -0.05) is 60.2 Å². The first kappa shape index (κ1) is 20.5. The molecule has 0 N–H and O–H groups in total. The Morgan fingerprint density at radius 2 is 1.69 bits per heavy atom. The molecule has 0 amide bonds. The molecule has 0 bridgehead atoms. The van der Waals surface area contributed by atoms with E-state index in [1.165, 1.54) is 7.11 Å². The summed E-state index contributed by atoms with van der Waals surface area (Å²) < 4.78 is 16.2. The van der Waals surface area contributed by atoms with Crippen molar-refractivity contribution < 1.29 is 19.0 Å². The van der Waals surface area contributed by atoms with Crippen LogP contribution in [0.5, 0.6) is 17.2 Å². The molecule has 0 radical (unpaired) electrons. The third-order valence-electron chi connectivity index (χ3n) is 4.17. The molecule has 0 aliphatic rings. The van der Waals surface area contributed by atoms with Crippen molar-refractivity contribution in [2.24, 2.45) is 0 Å². The predicted molar refractivity (Wildman–Crippen MR) is 116 cm³/mol. The van der Waals surface area contributed by atoms with E-state index >= 15 is 0 Å². The number of hydrogen-bond donors (Lipinski definition) is 0. The van der Waals surface area contributed by atoms with Crippen molar-refractivity contribution in [1.82, 2.24) is 0 Å². The van der Waals surface area contributed by atoms with Crippen molar-refractivity contribution in [2.45, 2.75) is 6.92 Å². The smallest absolute Gasteiger partial charge is 0.349 e. The lowest BCUT2D eigenvalue weighted by Crippen LogP contribution is -2.18. The number of carbonyl (C=O) groups excluding carboxylic acids is 1. The average Bonchev–Trinajstić information content (AvgIpc) is 2.74. The van der Waals surface area contributed by atoms with E-state index in [4.69, 9.17) is 25.8 Å². The number of esters is 1. The second kappa shape index (κ2) is 9.80. The van der Waals surface area contributed by atoms with E-state index in [9.17, 15) is 4.79 Å². The summed E-state index contributed by atoms with van der Waals surface area (Å²) in [6.45, 7) is 1.64. The van der Waals surface area contributed by atoms with Gasteiger partial charge in [0.25, 0.3) is 0 Å². The molecule has 0 heterocycles. The van der Waals surface area contributed by atoms with Gasteiger partial charge in [0.1, 0.15) is 5.75 Å². The second-order valence-electron chi connectivity index (χ2n) is 6.33. The number of methoxy groups -OCH3 is 1. The number of benzene rings is 3. The normalized spacial score (nSPS) is 10.7. The van der Waals surface area contributed by atoms with Gasteiger partial charge in [0.05, 0.1) is 7.11 Å². The molecule has 29 heavy (non-hydrogen) atoms. The standard InChI is InChI=1S/C24H21ClO4/c1-17-14-20(11-12-21(17)25)28-16-24(26)29-22-13-10-19(15-23(22)27-2)9-8-18-6-4-3-5-7-18/h3-15H,16H2,1-2H3/b9-8+. The Bertz CT molecular complexity index is 1010. The topological polar surface area (TPSA) is 44.8 Å². The Kier molecular flexibility index (Phi) is 6.93. The maximum absolute atomic E-state index is 12.2. The Balaban J connectivity index is 1.63. The maximum atomic E-state index is 12.2. The van der Waals surface area contributed by atoms with Crippen molar-refractivity contribution in [1.29, 1.82) is 0 Å². The van der Waals surface area contributed by atoms with Crippen LogP contribution in [-0.4, -0.2) is 19.7 Å². The maximum Gasteiger partial charge on any atom is 0.349 e. The van der Waals surface area contributed by atoms with E-state index in [1.54, 1.807) is 24.3 Å². The summed E-state index contributed by atoms with van der Waals surface area (Å²) >= 11 is 5.99. The zero-order valence-corrected chi connectivity index (χ0v) is 17.0. The molecule has 0 aliphatic carbocycles. The molecule has 3 aromatic carbocycles. The van der Waals surface area contributed by atoms with Crippen LogP contribution in [-0.2, 0) is 4.79 Å². The van der Waals surface area contributed by atoms with Crippen LogP contribution >= 0.6 is 11.6 Å². The lowest BCUT2D eigenvalue weighted by molar-refractivity contribution is -0.136. The average molecular weight is 409 g/mol. The number of rotatable bonds is 7. The molecule has 0 unspecified atom stereocenters. The SMILES string of the molecule is COc1cc(/C=C/c2ccccc2)ccc1OC(=O)COc1ccc(Cl)c(C)c1. The van der Waals surface area contributed by atoms with E-state index in [2.05, 4.69) is 0 Å². The Labute approximate surface area is 175 Å². The van der Waals surface area contributed by atoms with Gasteiger partial charge >= 0.3 is 5.97 Å². The Morgan fingerprint density at radius 1 is 0.931 bits per heavy atom. The monoisotopic (exact) mass is 408 g/mol. The molecule has 0 aliphatic heterocycles. The fraction of sp³-hybridized carbons (Fsp3) is 0.125. The molecule has 3 aromatic rings. The van der Waals surface area contributed by atoms with Gasteiger partial charge in [0, 0.05) is 5.02 Å². The first-order valence-electron chi connectivity index (χ1n) is 9.06. The summed E-state index contributed by atoms with van der Waals surface area (Å²) in [6, 6.07) is 20.5. The predicted octanol–water partition coefficient (Wildman–Crippen LogP) is 5.81. The summed E-state index contributed by atoms with van der Waals surface area (Å²) in [5.41, 5.74) is 2.90. The van der Waals surface area contributed by atoms with E-state index in [0.29, 0.717) is 22.3 Å². The van der Waals surface area contributed by atoms with Gasteiger partial charge < -0.3 is 14.2 Å². The van der Waals surface area contributed by atoms with Crippen molar-refractivity contribution in [3.05, 3.63) is 88.4 Å². The summed E-state index contributed by atoms with van der Waals surface area (Å²) in [7, 11) is 1.53. The first-order valence-corrected chi connectivity index (χ1v) is 9.44. The molecule has 0 aromatic heterocycles. The highest BCUT2D eigenvalue weighted by Crippen LogP contribution is 2.29. The molecular weight excluding hydrogens is 388 g/mol. The van der Waals surface area contributed by atoms with E-state index in [-0.39, 0.29) is 6.61 Å². The van der Waals surface area contributed by atoms with Gasteiger partial charge in [0.15, 0.2) is 18.1 Å². The van der Waals surface area contributed by atoms with E-state index in [0.717, 1.165) is 16.7 Å². The van der Waals surface area contributed by atoms with Gasteiger partial charge in [-0.15, -0.1) is 0 Å². The van der Waals surface area contributed by atoms with Crippen LogP contribution in [0.15, 0.2) is 66.7 Å². The van der Waals surface area contributed by atoms with Crippen LogP contribution in [0.2, 0.25) is 5.02 Å². The molecule has 148 valence electrons. The fourth-order valence-electron chi connectivity index (χ4n) is 2.63. The van der Waals surface area contributed by atoms with Crippen LogP contribution in [0.4, 0.5) is 0 Å². The summed E-state index contributed by atoms with van der Waals surface area (Å²) in [4.78, 5) is 12.2. The van der Waals surface area contributed by atoms with Crippen LogP contribution in [0.3, 0.4) is 0 Å². The highest BCUT2D eigenvalue weighted by atomic mass is 35.5. The van der Waals surface area contributed by atoms with Crippen LogP contribution in [0.1, 0.15) is 16.7 Å². The van der Waals surface area contributed by atoms with Crippen LogP contribution in [0, 0.1) is 6.92 Å². The van der Waals surface area contributed by atoms with Crippen molar-refractivity contribution in [3.8, 4) is 17.2 Å². The molecule has 0 atom stereocenters. The van der Waals surface area contributed by atoms with Gasteiger partial charge in [-0.3, -0.25) is 0 Å². The van der Waals surface area contributed by atoms with Crippen LogP contribution in [0.25, 0.3) is 12.2 Å². The zero-order valence-electron chi connectivity index (χ0n) is 16.2. The largest absolute Gasteiger partial charge is 0.493 e. The number of aryl methyl sites for hydroxylation is 1. The van der Waals surface area contributed by atoms with E-state index in [1.807, 2.05) is 61.5 Å². The number of carbonyl (C=O) groups is 1. The lowest BCUT2D eigenvalue weighted by atomic mass is 10.1. The second-order valence-corrected chi connectivity index (χ2v) is 6.74. The molecule has 5 heteroatoms. The van der Waals surface area contributed by atoms with Crippen LogP contribution < -0.4 is 14.2 Å².